The third-order valence-electron chi connectivity index (χ3n) is 2.57. The number of nitrogens with two attached hydrogens (primary N) is 1. The van der Waals surface area contributed by atoms with Gasteiger partial charge in [0, 0.05) is 18.5 Å². The van der Waals surface area contributed by atoms with Gasteiger partial charge in [0.15, 0.2) is 0 Å². The first-order valence-electron chi connectivity index (χ1n) is 5.19. The summed E-state index contributed by atoms with van der Waals surface area (Å²) in [5, 5.41) is 5.28. The van der Waals surface area contributed by atoms with Crippen molar-refractivity contribution in [2.75, 3.05) is 12.3 Å². The van der Waals surface area contributed by atoms with Crippen LogP contribution in [0.3, 0.4) is 0 Å². The molecule has 1 aromatic rings. The molecule has 0 saturated carbocycles. The molecule has 1 aliphatic heterocycles. The normalized spacial score (nSPS) is 18.9. The van der Waals surface area contributed by atoms with E-state index in [9.17, 15) is 14.0 Å². The molecule has 1 heterocycles. The summed E-state index contributed by atoms with van der Waals surface area (Å²) in [6, 6.07) is 3.55. The zero-order chi connectivity index (χ0) is 12.4. The molecule has 4 N–H and O–H groups in total. The van der Waals surface area contributed by atoms with Crippen molar-refractivity contribution in [1.29, 1.82) is 0 Å². The number of benzene rings is 1. The van der Waals surface area contributed by atoms with Crippen molar-refractivity contribution in [2.45, 2.75) is 12.5 Å². The van der Waals surface area contributed by atoms with Crippen molar-refractivity contribution in [3.8, 4) is 0 Å². The smallest absolute Gasteiger partial charge is 0.251 e. The zero-order valence-electron chi connectivity index (χ0n) is 9.00. The molecule has 1 atom stereocenters. The van der Waals surface area contributed by atoms with Crippen molar-refractivity contribution in [2.24, 2.45) is 0 Å². The second kappa shape index (κ2) is 4.40. The van der Waals surface area contributed by atoms with E-state index < -0.39 is 5.82 Å². The Morgan fingerprint density at radius 2 is 2.29 bits per heavy atom. The van der Waals surface area contributed by atoms with Crippen LogP contribution in [0.25, 0.3) is 0 Å². The maximum Gasteiger partial charge on any atom is 0.251 e. The van der Waals surface area contributed by atoms with Crippen molar-refractivity contribution in [1.82, 2.24) is 10.6 Å². The van der Waals surface area contributed by atoms with Crippen LogP contribution in [0.4, 0.5) is 10.1 Å². The third-order valence-corrected chi connectivity index (χ3v) is 2.57. The van der Waals surface area contributed by atoms with E-state index in [2.05, 4.69) is 10.6 Å². The number of hydrogen-bond donors (Lipinski definition) is 3. The predicted octanol–water partition coefficient (Wildman–Crippen LogP) is 0.0262. The lowest BCUT2D eigenvalue weighted by Gasteiger charge is -2.10. The lowest BCUT2D eigenvalue weighted by Crippen LogP contribution is -2.36. The summed E-state index contributed by atoms with van der Waals surface area (Å²) in [5.41, 5.74) is 5.58. The molecular formula is C11H12FN3O2. The van der Waals surface area contributed by atoms with Crippen LogP contribution in [-0.2, 0) is 4.79 Å². The third kappa shape index (κ3) is 2.52. The van der Waals surface area contributed by atoms with Gasteiger partial charge >= 0.3 is 0 Å². The first-order valence-corrected chi connectivity index (χ1v) is 5.19. The van der Waals surface area contributed by atoms with Crippen LogP contribution < -0.4 is 16.4 Å². The second-order valence-electron chi connectivity index (χ2n) is 3.91. The summed E-state index contributed by atoms with van der Waals surface area (Å²) in [7, 11) is 0. The summed E-state index contributed by atoms with van der Waals surface area (Å²) < 4.78 is 12.9. The minimum atomic E-state index is -0.556. The fraction of sp³-hybridized carbons (Fsp3) is 0.273. The molecule has 90 valence electrons. The fourth-order valence-electron chi connectivity index (χ4n) is 1.66. The van der Waals surface area contributed by atoms with E-state index in [1.54, 1.807) is 0 Å². The van der Waals surface area contributed by atoms with E-state index in [1.165, 1.54) is 12.1 Å². The molecule has 2 amide bonds. The average molecular weight is 237 g/mol. The zero-order valence-corrected chi connectivity index (χ0v) is 9.00. The Morgan fingerprint density at radius 3 is 2.88 bits per heavy atom. The highest BCUT2D eigenvalue weighted by Gasteiger charge is 2.23. The van der Waals surface area contributed by atoms with Gasteiger partial charge in [-0.05, 0) is 18.2 Å². The summed E-state index contributed by atoms with van der Waals surface area (Å²) in [4.78, 5) is 22.7. The highest BCUT2D eigenvalue weighted by molar-refractivity contribution is 5.95. The van der Waals surface area contributed by atoms with Gasteiger partial charge in [-0.2, -0.15) is 0 Å². The van der Waals surface area contributed by atoms with Crippen LogP contribution in [0.2, 0.25) is 0 Å². The second-order valence-corrected chi connectivity index (χ2v) is 3.91. The SMILES string of the molecule is Nc1cc(C(=O)NC2CNC(=O)C2)ccc1F. The standard InChI is InChI=1S/C11H12FN3O2/c12-8-2-1-6(3-9(8)13)11(17)15-7-4-10(16)14-5-7/h1-3,7H,4-5,13H2,(H,14,16)(H,15,17). The molecule has 6 heteroatoms. The van der Waals surface area contributed by atoms with Crippen LogP contribution in [0, 0.1) is 5.82 Å². The molecule has 1 saturated heterocycles. The molecule has 0 aliphatic carbocycles. The summed E-state index contributed by atoms with van der Waals surface area (Å²) in [6.07, 6.45) is 0.266. The van der Waals surface area contributed by atoms with E-state index in [0.717, 1.165) is 6.07 Å². The maximum atomic E-state index is 12.9. The lowest BCUT2D eigenvalue weighted by molar-refractivity contribution is -0.119. The van der Waals surface area contributed by atoms with Gasteiger partial charge < -0.3 is 16.4 Å². The quantitative estimate of drug-likeness (QED) is 0.634. The largest absolute Gasteiger partial charge is 0.396 e. The number of nitrogen functional groups attached to an aromatic ring is 1. The van der Waals surface area contributed by atoms with E-state index in [-0.39, 0.29) is 35.5 Å². The van der Waals surface area contributed by atoms with Crippen molar-refractivity contribution in [3.63, 3.8) is 0 Å². The highest BCUT2D eigenvalue weighted by atomic mass is 19.1. The number of anilines is 1. The minimum absolute atomic E-state index is 0.0710. The van der Waals surface area contributed by atoms with E-state index in [4.69, 9.17) is 5.73 Å². The van der Waals surface area contributed by atoms with Gasteiger partial charge in [-0.1, -0.05) is 0 Å². The Morgan fingerprint density at radius 1 is 1.53 bits per heavy atom. The Bertz CT molecular complexity index is 476. The first-order chi connectivity index (χ1) is 8.06. The van der Waals surface area contributed by atoms with Gasteiger partial charge in [0.2, 0.25) is 5.91 Å². The number of carbonyl (C=O) groups excluding carboxylic acids is 2. The number of rotatable bonds is 2. The molecule has 0 aromatic heterocycles. The van der Waals surface area contributed by atoms with E-state index in [0.29, 0.717) is 6.54 Å². The number of halogens is 1. The van der Waals surface area contributed by atoms with Crippen LogP contribution in [-0.4, -0.2) is 24.4 Å². The average Bonchev–Trinajstić information content (AvgIpc) is 2.68. The number of nitrogens with one attached hydrogen (secondary N) is 2. The fourth-order valence-corrected chi connectivity index (χ4v) is 1.66. The van der Waals surface area contributed by atoms with Gasteiger partial charge in [-0.15, -0.1) is 0 Å². The van der Waals surface area contributed by atoms with Gasteiger partial charge in [0.1, 0.15) is 5.82 Å². The predicted molar refractivity (Wildman–Crippen MR) is 59.7 cm³/mol. The van der Waals surface area contributed by atoms with Gasteiger partial charge in [-0.3, -0.25) is 9.59 Å². The molecule has 17 heavy (non-hydrogen) atoms. The van der Waals surface area contributed by atoms with E-state index in [1.807, 2.05) is 0 Å². The Balaban J connectivity index is 2.04. The van der Waals surface area contributed by atoms with Crippen LogP contribution >= 0.6 is 0 Å². The minimum Gasteiger partial charge on any atom is -0.396 e. The van der Waals surface area contributed by atoms with Crippen molar-refractivity contribution < 1.29 is 14.0 Å². The summed E-state index contributed by atoms with van der Waals surface area (Å²) >= 11 is 0. The summed E-state index contributed by atoms with van der Waals surface area (Å²) in [5.74, 6) is -1.01. The number of amides is 2. The van der Waals surface area contributed by atoms with Crippen molar-refractivity contribution >= 4 is 17.5 Å². The van der Waals surface area contributed by atoms with Crippen LogP contribution in [0.1, 0.15) is 16.8 Å². The van der Waals surface area contributed by atoms with E-state index >= 15 is 0 Å². The maximum absolute atomic E-state index is 12.9. The molecular weight excluding hydrogens is 225 g/mol. The Hall–Kier alpha value is -2.11. The molecule has 2 rings (SSSR count). The molecule has 0 spiro atoms. The van der Waals surface area contributed by atoms with Crippen molar-refractivity contribution in [3.05, 3.63) is 29.6 Å². The molecule has 0 radical (unpaired) electrons. The molecule has 1 unspecified atom stereocenters. The topological polar surface area (TPSA) is 84.2 Å². The Labute approximate surface area is 97.2 Å². The van der Waals surface area contributed by atoms with Crippen LogP contribution in [0.15, 0.2) is 18.2 Å². The van der Waals surface area contributed by atoms with Gasteiger partial charge in [-0.25, -0.2) is 4.39 Å². The Kier molecular flexibility index (Phi) is 2.95. The first kappa shape index (κ1) is 11.4. The molecule has 1 aliphatic rings. The molecule has 1 aromatic carbocycles. The summed E-state index contributed by atoms with van der Waals surface area (Å²) in [6.45, 7) is 0.418. The lowest BCUT2D eigenvalue weighted by atomic mass is 10.1. The molecule has 5 nitrogen and oxygen atoms in total. The van der Waals surface area contributed by atoms with Gasteiger partial charge in [0.05, 0.1) is 11.7 Å². The van der Waals surface area contributed by atoms with Gasteiger partial charge in [0.25, 0.3) is 5.91 Å². The van der Waals surface area contributed by atoms with Crippen LogP contribution in [0.5, 0.6) is 0 Å². The number of carbonyl (C=O) groups is 2. The monoisotopic (exact) mass is 237 g/mol. The molecule has 0 bridgehead atoms. The number of hydrogen-bond acceptors (Lipinski definition) is 3. The highest BCUT2D eigenvalue weighted by Crippen LogP contribution is 2.12. The molecule has 1 fully saturated rings.